The Balaban J connectivity index is 0.780. The SMILES string of the molecule is CO[C@@H]1C[C@H](O[C@H]2[C@@H](O)C[C@H](O[C@H]3[C@@H](O)C[C@H](O[C@H]4[C@@H](O)C[C@H](O[C@H]5CC[C@@]6(C)C(=CC[C@]7(O)[C@@H]6C[C@@H](OC(=O)c6cccnc6)[C@]6(C)[C@H](C(C)=O)CC[C@@]67O)C5)O[C@@H]4C)O[C@@H]3C)O[C@@H]2C)O[C@H](C)[C@H]1O. The second-order valence-corrected chi connectivity index (χ2v) is 22.3. The molecule has 4 aliphatic carbocycles. The molecule has 398 valence electrons. The highest BCUT2D eigenvalue weighted by Crippen LogP contribution is 2.70. The van der Waals surface area contributed by atoms with Crippen molar-refractivity contribution in [3.05, 3.63) is 41.7 Å². The van der Waals surface area contributed by atoms with Gasteiger partial charge in [-0.3, -0.25) is 9.78 Å². The number of nitrogens with zero attached hydrogens (tertiary/aromatic N) is 1. The first-order valence-corrected chi connectivity index (χ1v) is 25.8. The molecule has 4 saturated heterocycles. The molecule has 19 heteroatoms. The van der Waals surface area contributed by atoms with Crippen molar-refractivity contribution in [1.82, 2.24) is 4.98 Å². The van der Waals surface area contributed by atoms with Crippen LogP contribution in [0.15, 0.2) is 36.2 Å². The zero-order valence-corrected chi connectivity index (χ0v) is 42.2. The van der Waals surface area contributed by atoms with E-state index in [9.17, 15) is 40.2 Å². The third kappa shape index (κ3) is 9.60. The van der Waals surface area contributed by atoms with Gasteiger partial charge >= 0.3 is 5.97 Å². The van der Waals surface area contributed by atoms with Crippen LogP contribution in [0.4, 0.5) is 0 Å². The number of fused-ring (bicyclic) bond motifs is 5. The molecule has 1 aromatic heterocycles. The molecular weight excluding hydrogens is 927 g/mol. The van der Waals surface area contributed by atoms with Gasteiger partial charge in [0.05, 0.1) is 60.5 Å². The van der Waals surface area contributed by atoms with Crippen molar-refractivity contribution in [3.8, 4) is 0 Å². The van der Waals surface area contributed by atoms with Crippen molar-refractivity contribution in [3.63, 3.8) is 0 Å². The van der Waals surface area contributed by atoms with Crippen LogP contribution in [-0.2, 0) is 52.2 Å². The zero-order valence-electron chi connectivity index (χ0n) is 42.2. The van der Waals surface area contributed by atoms with Gasteiger partial charge in [0.2, 0.25) is 0 Å². The summed E-state index contributed by atoms with van der Waals surface area (Å²) in [6.07, 6.45) is -5.06. The van der Waals surface area contributed by atoms with Gasteiger partial charge in [-0.05, 0) is 97.1 Å². The number of rotatable bonds is 12. The number of ether oxygens (including phenoxy) is 10. The van der Waals surface area contributed by atoms with E-state index in [1.165, 1.54) is 20.2 Å². The van der Waals surface area contributed by atoms with Crippen LogP contribution in [0.2, 0.25) is 0 Å². The van der Waals surface area contributed by atoms with E-state index in [2.05, 4.69) is 11.9 Å². The minimum Gasteiger partial charge on any atom is -0.458 e. The Hall–Kier alpha value is -2.57. The molecule has 0 aromatic carbocycles. The van der Waals surface area contributed by atoms with Gasteiger partial charge in [-0.15, -0.1) is 0 Å². The highest BCUT2D eigenvalue weighted by Gasteiger charge is 2.77. The summed E-state index contributed by atoms with van der Waals surface area (Å²) < 4.78 is 61.4. The van der Waals surface area contributed by atoms with Crippen LogP contribution in [0.5, 0.6) is 0 Å². The lowest BCUT2D eigenvalue weighted by Crippen LogP contribution is -2.75. The molecule has 1 aromatic rings. The Morgan fingerprint density at radius 1 is 0.732 bits per heavy atom. The molecule has 3 saturated carbocycles. The molecule has 0 bridgehead atoms. The molecule has 5 heterocycles. The molecule has 0 amide bonds. The number of carbonyl (C=O) groups is 2. The van der Waals surface area contributed by atoms with Crippen molar-refractivity contribution in [2.45, 2.75) is 241 Å². The Bertz CT molecular complexity index is 2050. The number of aliphatic hydroxyl groups is 6. The van der Waals surface area contributed by atoms with Gasteiger partial charge in [0.25, 0.3) is 0 Å². The fraction of sp³-hybridized carbons (Fsp3) is 0.827. The molecule has 7 fully saturated rings. The van der Waals surface area contributed by atoms with Gasteiger partial charge in [-0.25, -0.2) is 4.79 Å². The molecule has 4 aliphatic heterocycles. The van der Waals surface area contributed by atoms with Crippen molar-refractivity contribution in [2.75, 3.05) is 7.11 Å². The van der Waals surface area contributed by atoms with E-state index < -0.39 is 144 Å². The number of methoxy groups -OCH3 is 1. The van der Waals surface area contributed by atoms with E-state index in [1.807, 2.05) is 6.08 Å². The van der Waals surface area contributed by atoms with E-state index in [0.717, 1.165) is 5.57 Å². The summed E-state index contributed by atoms with van der Waals surface area (Å²) >= 11 is 0. The Morgan fingerprint density at radius 2 is 1.28 bits per heavy atom. The predicted octanol–water partition coefficient (Wildman–Crippen LogP) is 3.15. The second kappa shape index (κ2) is 20.5. The van der Waals surface area contributed by atoms with E-state index in [-0.39, 0.29) is 62.4 Å². The Kier molecular flexibility index (Phi) is 15.4. The second-order valence-electron chi connectivity index (χ2n) is 22.3. The summed E-state index contributed by atoms with van der Waals surface area (Å²) in [5.74, 6) is -1.82. The standard InChI is InChI=1S/C52H77NO18/c1-25(54)33-13-16-52(61)50(33,7)39(68-48(59)30-10-9-17-53-24-30)23-38-49(6)14-12-32(18-31(49)11-15-51(38,52)60)67-40-19-34(55)45(27(3)64-40)69-41-20-35(56)46(28(4)65-41)70-42-21-36(57)47(29(5)66-42)71-43-22-37(62-8)44(58)26(2)63-43/h9-11,17,24,26-29,32-47,55-58,60-61H,12-16,18-23H2,1-8H3/t26-,27-,28-,29-,32+,33+,34+,35+,36+,37-,38-,39-,40+,41+,42+,43+,44-,45-,46-,47-,49+,50+,51+,52-/m1/s1. The maximum atomic E-state index is 13.6. The normalized spacial score (nSPS) is 50.0. The van der Waals surface area contributed by atoms with Crippen LogP contribution in [0.1, 0.15) is 129 Å². The van der Waals surface area contributed by atoms with E-state index in [4.69, 9.17) is 47.4 Å². The largest absolute Gasteiger partial charge is 0.458 e. The van der Waals surface area contributed by atoms with Crippen LogP contribution in [-0.4, -0.2) is 176 Å². The molecular formula is C52H77NO18. The number of Topliss-reactive ketones (excluding diaryl/α,β-unsaturated/α-hetero) is 1. The highest BCUT2D eigenvalue weighted by molar-refractivity contribution is 5.89. The van der Waals surface area contributed by atoms with Gasteiger partial charge in [0.1, 0.15) is 47.5 Å². The number of aromatic nitrogens is 1. The van der Waals surface area contributed by atoms with Gasteiger partial charge in [-0.1, -0.05) is 25.5 Å². The van der Waals surface area contributed by atoms with Crippen LogP contribution in [0.3, 0.4) is 0 Å². The predicted molar refractivity (Wildman–Crippen MR) is 248 cm³/mol. The van der Waals surface area contributed by atoms with Crippen molar-refractivity contribution in [2.24, 2.45) is 22.7 Å². The number of carbonyl (C=O) groups excluding carboxylic acids is 2. The molecule has 8 aliphatic rings. The topological polar surface area (TPSA) is 261 Å². The third-order valence-electron chi connectivity index (χ3n) is 18.2. The zero-order chi connectivity index (χ0) is 50.9. The minimum absolute atomic E-state index is 0.0405. The molecule has 0 spiro atoms. The lowest BCUT2D eigenvalue weighted by molar-refractivity contribution is -0.344. The first kappa shape index (κ1) is 53.3. The lowest BCUT2D eigenvalue weighted by Gasteiger charge is -2.66. The number of pyridine rings is 1. The van der Waals surface area contributed by atoms with Crippen molar-refractivity contribution in [1.29, 1.82) is 0 Å². The minimum atomic E-state index is -1.71. The summed E-state index contributed by atoms with van der Waals surface area (Å²) in [6, 6.07) is 3.27. The molecule has 19 nitrogen and oxygen atoms in total. The Morgan fingerprint density at radius 3 is 1.80 bits per heavy atom. The molecule has 0 unspecified atom stereocenters. The summed E-state index contributed by atoms with van der Waals surface area (Å²) in [4.78, 5) is 30.9. The number of esters is 1. The summed E-state index contributed by atoms with van der Waals surface area (Å²) in [5.41, 5.74) is -3.78. The first-order chi connectivity index (χ1) is 33.6. The van der Waals surface area contributed by atoms with Crippen LogP contribution in [0.25, 0.3) is 0 Å². The number of ketones is 1. The van der Waals surface area contributed by atoms with E-state index >= 15 is 0 Å². The number of hydrogen-bond donors (Lipinski definition) is 6. The van der Waals surface area contributed by atoms with Crippen LogP contribution >= 0.6 is 0 Å². The number of hydrogen-bond acceptors (Lipinski definition) is 19. The molecule has 6 N–H and O–H groups in total. The summed E-state index contributed by atoms with van der Waals surface area (Å²) in [7, 11) is 1.52. The van der Waals surface area contributed by atoms with Crippen molar-refractivity contribution < 1.29 is 87.6 Å². The molecule has 0 radical (unpaired) electrons. The average molecular weight is 1000 g/mol. The van der Waals surface area contributed by atoms with Gasteiger partial charge < -0.3 is 78.0 Å². The van der Waals surface area contributed by atoms with Crippen LogP contribution < -0.4 is 0 Å². The smallest absolute Gasteiger partial charge is 0.339 e. The maximum absolute atomic E-state index is 13.6. The highest BCUT2D eigenvalue weighted by atomic mass is 16.8. The van der Waals surface area contributed by atoms with Crippen molar-refractivity contribution >= 4 is 11.8 Å². The van der Waals surface area contributed by atoms with E-state index in [1.54, 1.807) is 52.9 Å². The fourth-order valence-electron chi connectivity index (χ4n) is 14.2. The maximum Gasteiger partial charge on any atom is 0.339 e. The van der Waals surface area contributed by atoms with Gasteiger partial charge in [0.15, 0.2) is 25.2 Å². The summed E-state index contributed by atoms with van der Waals surface area (Å²) in [5, 5.41) is 70.0. The van der Waals surface area contributed by atoms with Crippen LogP contribution in [0, 0.1) is 22.7 Å². The van der Waals surface area contributed by atoms with E-state index in [0.29, 0.717) is 25.7 Å². The fourth-order valence-corrected chi connectivity index (χ4v) is 14.2. The molecule has 24 atom stereocenters. The van der Waals surface area contributed by atoms with Gasteiger partial charge in [-0.2, -0.15) is 0 Å². The third-order valence-corrected chi connectivity index (χ3v) is 18.2. The lowest BCUT2D eigenvalue weighted by atomic mass is 9.43. The monoisotopic (exact) mass is 1000 g/mol. The number of aliphatic hydroxyl groups excluding tert-OH is 4. The molecule has 9 rings (SSSR count). The molecule has 71 heavy (non-hydrogen) atoms. The quantitative estimate of drug-likeness (QED) is 0.130. The Labute approximate surface area is 415 Å². The first-order valence-electron chi connectivity index (χ1n) is 25.8. The summed E-state index contributed by atoms with van der Waals surface area (Å²) in [6.45, 7) is 12.4. The average Bonchev–Trinajstić information content (AvgIpc) is 3.62. The van der Waals surface area contributed by atoms with Gasteiger partial charge in [0, 0.05) is 62.4 Å².